The van der Waals surface area contributed by atoms with E-state index in [1.165, 1.54) is 0 Å². The van der Waals surface area contributed by atoms with Crippen molar-refractivity contribution >= 4 is 8.32 Å². The fourth-order valence-electron chi connectivity index (χ4n) is 1.63. The average Bonchev–Trinajstić information content (AvgIpc) is 2.00. The van der Waals surface area contributed by atoms with Gasteiger partial charge in [0.25, 0.3) is 5.79 Å². The van der Waals surface area contributed by atoms with E-state index < -0.39 is 20.3 Å². The third kappa shape index (κ3) is 3.19. The minimum absolute atomic E-state index is 0.0826. The van der Waals surface area contributed by atoms with Crippen LogP contribution in [0.3, 0.4) is 0 Å². The van der Waals surface area contributed by atoms with Gasteiger partial charge in [-0.25, -0.2) is 0 Å². The number of rotatable bonds is 2. The van der Waals surface area contributed by atoms with Gasteiger partial charge in [-0.3, -0.25) is 0 Å². The van der Waals surface area contributed by atoms with Crippen molar-refractivity contribution in [3.63, 3.8) is 0 Å². The van der Waals surface area contributed by atoms with E-state index in [9.17, 15) is 13.2 Å². The Bertz CT molecular complexity index is 216. The molecule has 0 aromatic heterocycles. The van der Waals surface area contributed by atoms with Crippen LogP contribution in [-0.2, 0) is 9.16 Å². The number of ether oxygens (including phenoxy) is 1. The molecule has 0 radical (unpaired) electrons. The molecule has 2 nitrogen and oxygen atoms in total. The molecule has 0 aliphatic carbocycles. The summed E-state index contributed by atoms with van der Waals surface area (Å²) in [4.78, 5) is 0. The molecule has 0 N–H and O–H groups in total. The Kier molecular flexibility index (Phi) is 3.52. The summed E-state index contributed by atoms with van der Waals surface area (Å²) in [7, 11) is -2.27. The lowest BCUT2D eigenvalue weighted by atomic mass is 10.1. The summed E-state index contributed by atoms with van der Waals surface area (Å²) in [5.41, 5.74) is 0. The summed E-state index contributed by atoms with van der Waals surface area (Å²) < 4.78 is 48.8. The second-order valence-corrected chi connectivity index (χ2v) is 9.20. The van der Waals surface area contributed by atoms with Crippen LogP contribution in [0.1, 0.15) is 19.3 Å². The van der Waals surface area contributed by atoms with Crippen LogP contribution in [-0.4, -0.2) is 26.9 Å². The minimum atomic E-state index is -4.44. The van der Waals surface area contributed by atoms with Gasteiger partial charge >= 0.3 is 6.18 Å². The molecule has 0 spiro atoms. The molecular formula is C9H17F3O2Si. The monoisotopic (exact) mass is 242 g/mol. The quantitative estimate of drug-likeness (QED) is 0.692. The van der Waals surface area contributed by atoms with Crippen molar-refractivity contribution in [3.05, 3.63) is 0 Å². The summed E-state index contributed by atoms with van der Waals surface area (Å²) in [6, 6.07) is 0. The fourth-order valence-corrected chi connectivity index (χ4v) is 2.89. The second kappa shape index (κ2) is 4.07. The number of halogens is 3. The highest BCUT2D eigenvalue weighted by Crippen LogP contribution is 2.42. The summed E-state index contributed by atoms with van der Waals surface area (Å²) in [6.45, 7) is 5.33. The maximum Gasteiger partial charge on any atom is 0.442 e. The average molecular weight is 242 g/mol. The SMILES string of the molecule is C[Si](C)(C)OC1(C(F)(F)F)CCCCO1. The highest BCUT2D eigenvalue weighted by Gasteiger charge is 2.59. The van der Waals surface area contributed by atoms with E-state index >= 15 is 0 Å². The number of alkyl halides is 3. The van der Waals surface area contributed by atoms with Gasteiger partial charge in [0.05, 0.1) is 6.61 Å². The molecule has 1 atom stereocenters. The molecule has 1 aliphatic rings. The van der Waals surface area contributed by atoms with Crippen LogP contribution in [0.5, 0.6) is 0 Å². The van der Waals surface area contributed by atoms with Gasteiger partial charge in [-0.15, -0.1) is 0 Å². The Morgan fingerprint density at radius 1 is 1.20 bits per heavy atom. The van der Waals surface area contributed by atoms with Crippen molar-refractivity contribution in [2.75, 3.05) is 6.61 Å². The Morgan fingerprint density at radius 2 is 1.80 bits per heavy atom. The van der Waals surface area contributed by atoms with E-state index in [0.29, 0.717) is 12.8 Å². The largest absolute Gasteiger partial charge is 0.442 e. The van der Waals surface area contributed by atoms with Gasteiger partial charge in [-0.1, -0.05) is 0 Å². The van der Waals surface area contributed by atoms with Gasteiger partial charge in [0.15, 0.2) is 8.32 Å². The third-order valence-corrected chi connectivity index (χ3v) is 3.08. The zero-order valence-electron chi connectivity index (χ0n) is 9.28. The van der Waals surface area contributed by atoms with Crippen LogP contribution in [0, 0.1) is 0 Å². The zero-order valence-corrected chi connectivity index (χ0v) is 10.3. The molecule has 0 saturated carbocycles. The lowest BCUT2D eigenvalue weighted by molar-refractivity contribution is -0.366. The predicted molar refractivity (Wildman–Crippen MR) is 53.0 cm³/mol. The fraction of sp³-hybridized carbons (Fsp3) is 1.00. The summed E-state index contributed by atoms with van der Waals surface area (Å²) in [5.74, 6) is -2.34. The standard InChI is InChI=1S/C9H17F3O2Si/c1-15(2,3)14-8(9(10,11)12)6-4-5-7-13-8/h4-7H2,1-3H3. The molecule has 6 heteroatoms. The van der Waals surface area contributed by atoms with E-state index in [1.807, 2.05) is 0 Å². The van der Waals surface area contributed by atoms with Crippen LogP contribution < -0.4 is 0 Å². The highest BCUT2D eigenvalue weighted by molar-refractivity contribution is 6.69. The van der Waals surface area contributed by atoms with Crippen LogP contribution in [0.25, 0.3) is 0 Å². The molecule has 1 unspecified atom stereocenters. The first-order valence-electron chi connectivity index (χ1n) is 5.07. The van der Waals surface area contributed by atoms with Crippen molar-refractivity contribution in [1.82, 2.24) is 0 Å². The summed E-state index contributed by atoms with van der Waals surface area (Å²) in [5, 5.41) is 0. The third-order valence-electron chi connectivity index (χ3n) is 2.14. The zero-order chi connectivity index (χ0) is 11.7. The topological polar surface area (TPSA) is 18.5 Å². The van der Waals surface area contributed by atoms with Crippen LogP contribution in [0.15, 0.2) is 0 Å². The maximum absolute atomic E-state index is 12.9. The normalized spacial score (nSPS) is 29.2. The van der Waals surface area contributed by atoms with Gasteiger partial charge in [-0.05, 0) is 32.5 Å². The number of hydrogen-bond donors (Lipinski definition) is 0. The molecule has 90 valence electrons. The van der Waals surface area contributed by atoms with E-state index in [0.717, 1.165) is 0 Å². The molecule has 0 amide bonds. The lowest BCUT2D eigenvalue weighted by Crippen LogP contribution is -2.56. The van der Waals surface area contributed by atoms with E-state index in [2.05, 4.69) is 0 Å². The molecule has 1 aliphatic heterocycles. The van der Waals surface area contributed by atoms with Gasteiger partial charge in [0.2, 0.25) is 0 Å². The van der Waals surface area contributed by atoms with E-state index in [-0.39, 0.29) is 13.0 Å². The molecule has 1 fully saturated rings. The summed E-state index contributed by atoms with van der Waals surface area (Å²) >= 11 is 0. The molecule has 0 aromatic carbocycles. The first kappa shape index (κ1) is 13.0. The Labute approximate surface area is 88.9 Å². The van der Waals surface area contributed by atoms with Gasteiger partial charge in [0.1, 0.15) is 0 Å². The van der Waals surface area contributed by atoms with Crippen LogP contribution in [0.4, 0.5) is 13.2 Å². The predicted octanol–water partition coefficient (Wildman–Crippen LogP) is 3.30. The van der Waals surface area contributed by atoms with E-state index in [4.69, 9.17) is 9.16 Å². The minimum Gasteiger partial charge on any atom is -0.384 e. The van der Waals surface area contributed by atoms with Crippen LogP contribution >= 0.6 is 0 Å². The Morgan fingerprint density at radius 3 is 2.13 bits per heavy atom. The Hall–Kier alpha value is -0.0731. The molecule has 15 heavy (non-hydrogen) atoms. The lowest BCUT2D eigenvalue weighted by Gasteiger charge is -2.42. The molecular weight excluding hydrogens is 225 g/mol. The summed E-state index contributed by atoms with van der Waals surface area (Å²) in [6.07, 6.45) is -3.34. The molecule has 0 aromatic rings. The molecule has 1 saturated heterocycles. The van der Waals surface area contributed by atoms with Gasteiger partial charge < -0.3 is 9.16 Å². The first-order valence-corrected chi connectivity index (χ1v) is 8.48. The second-order valence-electron chi connectivity index (χ2n) is 4.77. The maximum atomic E-state index is 12.9. The van der Waals surface area contributed by atoms with Crippen LogP contribution in [0.2, 0.25) is 19.6 Å². The first-order chi connectivity index (χ1) is 6.66. The van der Waals surface area contributed by atoms with Crippen molar-refractivity contribution in [3.8, 4) is 0 Å². The van der Waals surface area contributed by atoms with E-state index in [1.54, 1.807) is 19.6 Å². The smallest absolute Gasteiger partial charge is 0.384 e. The molecule has 1 heterocycles. The number of hydrogen-bond acceptors (Lipinski definition) is 2. The molecule has 0 bridgehead atoms. The highest BCUT2D eigenvalue weighted by atomic mass is 28.4. The van der Waals surface area contributed by atoms with Gasteiger partial charge in [-0.2, -0.15) is 13.2 Å². The van der Waals surface area contributed by atoms with Gasteiger partial charge in [0, 0.05) is 6.42 Å². The molecule has 1 rings (SSSR count). The van der Waals surface area contributed by atoms with Crippen molar-refractivity contribution < 1.29 is 22.3 Å². The van der Waals surface area contributed by atoms with Crippen molar-refractivity contribution in [2.24, 2.45) is 0 Å². The Balaban J connectivity index is 2.86. The van der Waals surface area contributed by atoms with Crippen molar-refractivity contribution in [2.45, 2.75) is 50.9 Å². The van der Waals surface area contributed by atoms with Crippen molar-refractivity contribution in [1.29, 1.82) is 0 Å².